The number of anilines is 1. The number of H-pyrrole nitrogens is 1. The van der Waals surface area contributed by atoms with Gasteiger partial charge in [-0.25, -0.2) is 0 Å². The summed E-state index contributed by atoms with van der Waals surface area (Å²) in [5, 5.41) is 8.19. The molecule has 0 fully saturated rings. The van der Waals surface area contributed by atoms with E-state index in [1.807, 2.05) is 41.8 Å². The first kappa shape index (κ1) is 17.9. The van der Waals surface area contributed by atoms with Gasteiger partial charge in [0, 0.05) is 47.0 Å². The van der Waals surface area contributed by atoms with E-state index in [0.717, 1.165) is 39.5 Å². The average Bonchev–Trinajstić information content (AvgIpc) is 3.30. The fourth-order valence-corrected chi connectivity index (χ4v) is 3.74. The number of nitrogens with zero attached hydrogens (tertiary/aromatic N) is 2. The van der Waals surface area contributed by atoms with Gasteiger partial charge in [-0.2, -0.15) is 0 Å². The SMILES string of the molecule is Cc1ccc(NC2=C(c3c[nH]c4ccccc34)NC3=CN(CC(N)=O)C=CN32)cc1. The number of nitrogens with two attached hydrogens (primary N) is 1. The van der Waals surface area contributed by atoms with Crippen molar-refractivity contribution in [2.24, 2.45) is 5.73 Å². The highest BCUT2D eigenvalue weighted by Crippen LogP contribution is 2.35. The number of hydrogen-bond acceptors (Lipinski definition) is 5. The van der Waals surface area contributed by atoms with Gasteiger partial charge in [-0.05, 0) is 25.1 Å². The lowest BCUT2D eigenvalue weighted by molar-refractivity contribution is -0.118. The summed E-state index contributed by atoms with van der Waals surface area (Å²) < 4.78 is 0. The molecule has 1 aromatic heterocycles. The summed E-state index contributed by atoms with van der Waals surface area (Å²) in [4.78, 5) is 18.5. The molecule has 150 valence electrons. The largest absolute Gasteiger partial charge is 0.368 e. The summed E-state index contributed by atoms with van der Waals surface area (Å²) in [7, 11) is 0. The van der Waals surface area contributed by atoms with Gasteiger partial charge in [-0.1, -0.05) is 35.9 Å². The Morgan fingerprint density at radius 3 is 2.70 bits per heavy atom. The second kappa shape index (κ2) is 7.04. The van der Waals surface area contributed by atoms with Crippen LogP contribution in [0.5, 0.6) is 0 Å². The lowest BCUT2D eigenvalue weighted by atomic mass is 10.1. The molecular weight excluding hydrogens is 376 g/mol. The number of nitrogens with one attached hydrogen (secondary N) is 3. The van der Waals surface area contributed by atoms with Crippen molar-refractivity contribution in [3.8, 4) is 0 Å². The maximum absolute atomic E-state index is 11.3. The highest BCUT2D eigenvalue weighted by Gasteiger charge is 2.30. The fourth-order valence-electron chi connectivity index (χ4n) is 3.74. The van der Waals surface area contributed by atoms with Gasteiger partial charge < -0.3 is 26.3 Å². The minimum atomic E-state index is -0.384. The first-order chi connectivity index (χ1) is 14.6. The van der Waals surface area contributed by atoms with Crippen LogP contribution in [0, 0.1) is 6.92 Å². The topological polar surface area (TPSA) is 89.4 Å². The minimum Gasteiger partial charge on any atom is -0.368 e. The quantitative estimate of drug-likeness (QED) is 0.530. The summed E-state index contributed by atoms with van der Waals surface area (Å²) in [6, 6.07) is 16.5. The molecule has 0 bridgehead atoms. The molecule has 0 spiro atoms. The summed E-state index contributed by atoms with van der Waals surface area (Å²) in [6.45, 7) is 2.19. The van der Waals surface area contributed by atoms with E-state index in [4.69, 9.17) is 5.73 Å². The molecule has 3 aromatic rings. The van der Waals surface area contributed by atoms with Gasteiger partial charge in [-0.3, -0.25) is 9.69 Å². The Morgan fingerprint density at radius 1 is 1.10 bits per heavy atom. The maximum Gasteiger partial charge on any atom is 0.237 e. The number of benzene rings is 2. The molecule has 0 aliphatic carbocycles. The number of primary amides is 1. The lowest BCUT2D eigenvalue weighted by Gasteiger charge is -2.26. The molecular formula is C23H22N6O. The van der Waals surface area contributed by atoms with Crippen LogP contribution in [-0.4, -0.2) is 27.2 Å². The van der Waals surface area contributed by atoms with Crippen LogP contribution in [0.15, 0.2) is 85.0 Å². The maximum atomic E-state index is 11.3. The van der Waals surface area contributed by atoms with Crippen LogP contribution in [0.3, 0.4) is 0 Å². The molecule has 1 amide bonds. The predicted molar refractivity (Wildman–Crippen MR) is 118 cm³/mol. The zero-order valence-corrected chi connectivity index (χ0v) is 16.5. The number of carbonyl (C=O) groups excluding carboxylic acids is 1. The smallest absolute Gasteiger partial charge is 0.237 e. The molecule has 2 aromatic carbocycles. The van der Waals surface area contributed by atoms with E-state index in [0.29, 0.717) is 0 Å². The van der Waals surface area contributed by atoms with Gasteiger partial charge in [0.1, 0.15) is 18.2 Å². The molecule has 5 rings (SSSR count). The van der Waals surface area contributed by atoms with Crippen LogP contribution in [0.25, 0.3) is 16.6 Å². The van der Waals surface area contributed by atoms with Crippen LogP contribution in [0.4, 0.5) is 5.69 Å². The van der Waals surface area contributed by atoms with E-state index < -0.39 is 0 Å². The van der Waals surface area contributed by atoms with Gasteiger partial charge >= 0.3 is 0 Å². The number of carbonyl (C=O) groups is 1. The third-order valence-corrected chi connectivity index (χ3v) is 5.20. The molecule has 30 heavy (non-hydrogen) atoms. The molecule has 7 heteroatoms. The molecule has 0 radical (unpaired) electrons. The second-order valence-electron chi connectivity index (χ2n) is 7.41. The number of para-hydroxylation sites is 1. The van der Waals surface area contributed by atoms with E-state index in [1.54, 1.807) is 4.90 Å². The predicted octanol–water partition coefficient (Wildman–Crippen LogP) is 3.19. The molecule has 0 saturated heterocycles. The van der Waals surface area contributed by atoms with E-state index in [-0.39, 0.29) is 12.5 Å². The standard InChI is InChI=1S/C23H22N6O/c1-15-6-8-16(9-7-15)26-23-22(18-12-25-19-5-3-2-4-17(18)19)27-21-14-28(13-20(24)30)10-11-29(21)23/h2-12,14,25-27H,13H2,1H3,(H2,24,30). The fraction of sp³-hybridized carbons (Fsp3) is 0.0870. The number of amides is 1. The summed E-state index contributed by atoms with van der Waals surface area (Å²) in [6.07, 6.45) is 7.64. The van der Waals surface area contributed by atoms with Gasteiger partial charge in [0.15, 0.2) is 0 Å². The first-order valence-electron chi connectivity index (χ1n) is 9.73. The van der Waals surface area contributed by atoms with Gasteiger partial charge in [0.2, 0.25) is 5.91 Å². The highest BCUT2D eigenvalue weighted by atomic mass is 16.1. The van der Waals surface area contributed by atoms with Gasteiger partial charge in [0.05, 0.1) is 5.70 Å². The van der Waals surface area contributed by atoms with Crippen molar-refractivity contribution in [1.82, 2.24) is 20.1 Å². The lowest BCUT2D eigenvalue weighted by Crippen LogP contribution is -2.32. The molecule has 0 saturated carbocycles. The van der Waals surface area contributed by atoms with E-state index in [2.05, 4.69) is 58.9 Å². The molecule has 2 aliphatic heterocycles. The van der Waals surface area contributed by atoms with Crippen molar-refractivity contribution in [1.29, 1.82) is 0 Å². The van der Waals surface area contributed by atoms with E-state index >= 15 is 0 Å². The Labute approximate surface area is 174 Å². The molecule has 3 heterocycles. The van der Waals surface area contributed by atoms with E-state index in [9.17, 15) is 4.79 Å². The minimum absolute atomic E-state index is 0.124. The van der Waals surface area contributed by atoms with Crippen molar-refractivity contribution >= 4 is 28.2 Å². The molecule has 7 nitrogen and oxygen atoms in total. The molecule has 2 aliphatic rings. The van der Waals surface area contributed by atoms with Gasteiger partial charge in [-0.15, -0.1) is 0 Å². The molecule has 5 N–H and O–H groups in total. The monoisotopic (exact) mass is 398 g/mol. The molecule has 0 unspecified atom stereocenters. The van der Waals surface area contributed by atoms with Gasteiger partial charge in [0.25, 0.3) is 0 Å². The van der Waals surface area contributed by atoms with Crippen LogP contribution < -0.4 is 16.4 Å². The Kier molecular flexibility index (Phi) is 4.21. The Balaban J connectivity index is 1.58. The zero-order valence-electron chi connectivity index (χ0n) is 16.5. The number of hydrogen-bond donors (Lipinski definition) is 4. The van der Waals surface area contributed by atoms with Crippen LogP contribution in [-0.2, 0) is 4.79 Å². The second-order valence-corrected chi connectivity index (χ2v) is 7.41. The van der Waals surface area contributed by atoms with Crippen molar-refractivity contribution < 1.29 is 4.79 Å². The third-order valence-electron chi connectivity index (χ3n) is 5.20. The number of rotatable bonds is 5. The third kappa shape index (κ3) is 3.16. The van der Waals surface area contributed by atoms with Crippen molar-refractivity contribution in [3.63, 3.8) is 0 Å². The normalized spacial score (nSPS) is 15.3. The van der Waals surface area contributed by atoms with Crippen molar-refractivity contribution in [2.75, 3.05) is 11.9 Å². The van der Waals surface area contributed by atoms with Crippen molar-refractivity contribution in [3.05, 3.63) is 96.1 Å². The van der Waals surface area contributed by atoms with Crippen molar-refractivity contribution in [2.45, 2.75) is 6.92 Å². The number of fused-ring (bicyclic) bond motifs is 2. The Bertz CT molecular complexity index is 1220. The average molecular weight is 398 g/mol. The van der Waals surface area contributed by atoms with E-state index in [1.165, 1.54) is 5.56 Å². The molecule has 0 atom stereocenters. The zero-order chi connectivity index (χ0) is 20.7. The summed E-state index contributed by atoms with van der Waals surface area (Å²) in [5.74, 6) is 1.37. The summed E-state index contributed by atoms with van der Waals surface area (Å²) >= 11 is 0. The first-order valence-corrected chi connectivity index (χ1v) is 9.73. The Morgan fingerprint density at radius 2 is 1.90 bits per heavy atom. The number of aryl methyl sites for hydroxylation is 1. The van der Waals surface area contributed by atoms with Crippen LogP contribution >= 0.6 is 0 Å². The van der Waals surface area contributed by atoms with Crippen LogP contribution in [0.2, 0.25) is 0 Å². The Hall–Kier alpha value is -4.13. The van der Waals surface area contributed by atoms with Crippen LogP contribution in [0.1, 0.15) is 11.1 Å². The number of aromatic amines is 1. The summed E-state index contributed by atoms with van der Waals surface area (Å²) in [5.41, 5.74) is 10.6. The number of aromatic nitrogens is 1. The highest BCUT2D eigenvalue weighted by molar-refractivity contribution is 5.94.